The highest BCUT2D eigenvalue weighted by molar-refractivity contribution is 7.92. The van der Waals surface area contributed by atoms with Crippen LogP contribution in [0.15, 0.2) is 0 Å². The highest BCUT2D eigenvalue weighted by Gasteiger charge is 2.29. The smallest absolute Gasteiger partial charge is 0.238 e. The Labute approximate surface area is 109 Å². The van der Waals surface area contributed by atoms with Crippen LogP contribution < -0.4 is 5.73 Å². The molecule has 2 N–H and O–H groups in total. The lowest BCUT2D eigenvalue weighted by atomic mass is 10.2. The number of halogens is 1. The first-order valence-corrected chi connectivity index (χ1v) is 7.52. The Balaban J connectivity index is 0.00000256. The molecule has 0 radical (unpaired) electrons. The summed E-state index contributed by atoms with van der Waals surface area (Å²) in [5, 5.41) is 0. The predicted octanol–water partition coefficient (Wildman–Crippen LogP) is 0.183. The van der Waals surface area contributed by atoms with Gasteiger partial charge in [0.1, 0.15) is 5.75 Å². The van der Waals surface area contributed by atoms with Crippen LogP contribution in [0.2, 0.25) is 0 Å². The van der Waals surface area contributed by atoms with Crippen LogP contribution in [0.4, 0.5) is 0 Å². The van der Waals surface area contributed by atoms with Crippen LogP contribution in [0.1, 0.15) is 26.2 Å². The van der Waals surface area contributed by atoms with Crippen molar-refractivity contribution in [3.05, 3.63) is 0 Å². The van der Waals surface area contributed by atoms with Gasteiger partial charge in [0.25, 0.3) is 0 Å². The Kier molecular flexibility index (Phi) is 7.04. The third-order valence-electron chi connectivity index (χ3n) is 2.83. The minimum absolute atomic E-state index is 0. The summed E-state index contributed by atoms with van der Waals surface area (Å²) in [4.78, 5) is 13.4. The molecule has 1 unspecified atom stereocenters. The van der Waals surface area contributed by atoms with Crippen molar-refractivity contribution < 1.29 is 13.2 Å². The van der Waals surface area contributed by atoms with Crippen molar-refractivity contribution in [3.63, 3.8) is 0 Å². The van der Waals surface area contributed by atoms with E-state index in [2.05, 4.69) is 0 Å². The Hall–Kier alpha value is -0.330. The highest BCUT2D eigenvalue weighted by atomic mass is 35.5. The van der Waals surface area contributed by atoms with Gasteiger partial charge in [-0.05, 0) is 19.3 Å². The summed E-state index contributed by atoms with van der Waals surface area (Å²) in [7, 11) is -3.23. The van der Waals surface area contributed by atoms with Crippen LogP contribution in [-0.4, -0.2) is 49.9 Å². The van der Waals surface area contributed by atoms with E-state index in [9.17, 15) is 13.2 Å². The van der Waals surface area contributed by atoms with Crippen molar-refractivity contribution >= 4 is 28.2 Å². The quantitative estimate of drug-likeness (QED) is 0.781. The zero-order chi connectivity index (χ0) is 12.2. The average molecular weight is 285 g/mol. The highest BCUT2D eigenvalue weighted by Crippen LogP contribution is 2.16. The summed E-state index contributed by atoms with van der Waals surface area (Å²) >= 11 is 0. The number of carbonyl (C=O) groups excluding carboxylic acids is 1. The van der Waals surface area contributed by atoms with Gasteiger partial charge in [-0.15, -0.1) is 12.4 Å². The van der Waals surface area contributed by atoms with Crippen molar-refractivity contribution in [2.24, 2.45) is 5.73 Å². The lowest BCUT2D eigenvalue weighted by Crippen LogP contribution is -2.42. The first-order valence-electron chi connectivity index (χ1n) is 5.70. The van der Waals surface area contributed by atoms with E-state index in [-0.39, 0.29) is 35.9 Å². The summed E-state index contributed by atoms with van der Waals surface area (Å²) < 4.78 is 23.0. The molecule has 1 amide bonds. The van der Waals surface area contributed by atoms with Crippen molar-refractivity contribution in [1.29, 1.82) is 0 Å². The van der Waals surface area contributed by atoms with E-state index in [0.717, 1.165) is 12.8 Å². The number of nitrogens with two attached hydrogens (primary N) is 1. The van der Waals surface area contributed by atoms with E-state index < -0.39 is 9.84 Å². The minimum atomic E-state index is -3.23. The van der Waals surface area contributed by atoms with Gasteiger partial charge in [-0.2, -0.15) is 0 Å². The molecule has 1 saturated heterocycles. The van der Waals surface area contributed by atoms with Gasteiger partial charge < -0.3 is 10.6 Å². The first kappa shape index (κ1) is 16.7. The van der Waals surface area contributed by atoms with Crippen LogP contribution in [0.3, 0.4) is 0 Å². The zero-order valence-corrected chi connectivity index (χ0v) is 11.7. The molecule has 0 bridgehead atoms. The Morgan fingerprint density at radius 1 is 1.47 bits per heavy atom. The molecule has 1 atom stereocenters. The molecule has 0 aromatic heterocycles. The molecule has 0 saturated carbocycles. The fourth-order valence-corrected chi connectivity index (χ4v) is 3.37. The van der Waals surface area contributed by atoms with Gasteiger partial charge in [-0.25, -0.2) is 8.42 Å². The van der Waals surface area contributed by atoms with Gasteiger partial charge in [0, 0.05) is 19.1 Å². The molecule has 0 spiro atoms. The van der Waals surface area contributed by atoms with Crippen LogP contribution in [-0.2, 0) is 14.6 Å². The van der Waals surface area contributed by atoms with Gasteiger partial charge >= 0.3 is 0 Å². The molecular formula is C10H21ClN2O3S. The maximum absolute atomic E-state index is 11.8. The van der Waals surface area contributed by atoms with E-state index in [0.29, 0.717) is 19.5 Å². The van der Waals surface area contributed by atoms with Gasteiger partial charge in [0.2, 0.25) is 5.91 Å². The van der Waals surface area contributed by atoms with E-state index in [4.69, 9.17) is 5.73 Å². The Morgan fingerprint density at radius 2 is 2.12 bits per heavy atom. The van der Waals surface area contributed by atoms with Crippen LogP contribution in [0.5, 0.6) is 0 Å². The maximum Gasteiger partial charge on any atom is 0.238 e. The van der Waals surface area contributed by atoms with Crippen molar-refractivity contribution in [3.8, 4) is 0 Å². The maximum atomic E-state index is 11.8. The molecule has 0 aliphatic carbocycles. The van der Waals surface area contributed by atoms with Crippen molar-refractivity contribution in [2.45, 2.75) is 32.2 Å². The summed E-state index contributed by atoms with van der Waals surface area (Å²) in [5.74, 6) is -0.571. The molecular weight excluding hydrogens is 264 g/mol. The van der Waals surface area contributed by atoms with Gasteiger partial charge in [-0.1, -0.05) is 6.92 Å². The second-order valence-corrected chi connectivity index (χ2v) is 6.39. The molecule has 0 aromatic rings. The lowest BCUT2D eigenvalue weighted by molar-refractivity contribution is -0.129. The predicted molar refractivity (Wildman–Crippen MR) is 70.0 cm³/mol. The SMILES string of the molecule is CCCS(=O)(=O)CC(=O)N1CCCC1CN.Cl. The number of hydrogen-bond acceptors (Lipinski definition) is 4. The first-order chi connectivity index (χ1) is 7.50. The average Bonchev–Trinajstić information content (AvgIpc) is 2.64. The molecule has 1 rings (SSSR count). The number of nitrogens with zero attached hydrogens (tertiary/aromatic N) is 1. The second kappa shape index (κ2) is 7.18. The standard InChI is InChI=1S/C10H20N2O3S.ClH/c1-2-6-16(14,15)8-10(13)12-5-3-4-9(12)7-11;/h9H,2-8,11H2,1H3;1H. The third kappa shape index (κ3) is 4.81. The normalized spacial score (nSPS) is 20.1. The number of carbonyl (C=O) groups is 1. The van der Waals surface area contributed by atoms with Crippen LogP contribution in [0, 0.1) is 0 Å². The lowest BCUT2D eigenvalue weighted by Gasteiger charge is -2.23. The summed E-state index contributed by atoms with van der Waals surface area (Å²) in [5.41, 5.74) is 5.54. The van der Waals surface area contributed by atoms with Crippen molar-refractivity contribution in [1.82, 2.24) is 4.90 Å². The number of likely N-dealkylation sites (tertiary alicyclic amines) is 1. The largest absolute Gasteiger partial charge is 0.338 e. The fraction of sp³-hybridized carbons (Fsp3) is 0.900. The molecule has 1 aliphatic rings. The van der Waals surface area contributed by atoms with Gasteiger partial charge in [0.15, 0.2) is 9.84 Å². The Bertz CT molecular complexity index is 345. The monoisotopic (exact) mass is 284 g/mol. The molecule has 0 aromatic carbocycles. The second-order valence-electron chi connectivity index (χ2n) is 4.21. The van der Waals surface area contributed by atoms with Gasteiger partial charge in [0.05, 0.1) is 5.75 Å². The third-order valence-corrected chi connectivity index (χ3v) is 4.55. The molecule has 17 heavy (non-hydrogen) atoms. The van der Waals surface area contributed by atoms with Crippen LogP contribution in [0.25, 0.3) is 0 Å². The molecule has 102 valence electrons. The van der Waals surface area contributed by atoms with Crippen LogP contribution >= 0.6 is 12.4 Å². The molecule has 1 aliphatic heterocycles. The fourth-order valence-electron chi connectivity index (χ4n) is 2.06. The number of hydrogen-bond donors (Lipinski definition) is 1. The molecule has 7 heteroatoms. The van der Waals surface area contributed by atoms with E-state index in [1.807, 2.05) is 0 Å². The zero-order valence-electron chi connectivity index (χ0n) is 10.1. The van der Waals surface area contributed by atoms with E-state index >= 15 is 0 Å². The minimum Gasteiger partial charge on any atom is -0.338 e. The molecule has 5 nitrogen and oxygen atoms in total. The van der Waals surface area contributed by atoms with Crippen molar-refractivity contribution in [2.75, 3.05) is 24.6 Å². The summed E-state index contributed by atoms with van der Waals surface area (Å²) in [6.45, 7) is 2.85. The molecule has 1 heterocycles. The van der Waals surface area contributed by atoms with Gasteiger partial charge in [-0.3, -0.25) is 4.79 Å². The Morgan fingerprint density at radius 3 is 2.65 bits per heavy atom. The van der Waals surface area contributed by atoms with E-state index in [1.54, 1.807) is 11.8 Å². The molecule has 1 fully saturated rings. The number of sulfone groups is 1. The number of amides is 1. The van der Waals surface area contributed by atoms with E-state index in [1.165, 1.54) is 0 Å². The summed E-state index contributed by atoms with van der Waals surface area (Å²) in [6.07, 6.45) is 2.35. The topological polar surface area (TPSA) is 80.5 Å². The summed E-state index contributed by atoms with van der Waals surface area (Å²) in [6, 6.07) is 0.0318. The number of rotatable bonds is 5.